The van der Waals surface area contributed by atoms with Crippen LogP contribution in [0.1, 0.15) is 31.2 Å². The minimum Gasteiger partial charge on any atom is -0.379 e. The zero-order valence-electron chi connectivity index (χ0n) is 14.9. The second-order valence-electron chi connectivity index (χ2n) is 7.60. The number of carbonyl (C=O) groups excluding carboxylic acids is 1. The maximum Gasteiger partial charge on any atom is 0.226 e. The number of rotatable bonds is 4. The summed E-state index contributed by atoms with van der Waals surface area (Å²) < 4.78 is 19.4. The van der Waals surface area contributed by atoms with Crippen LogP contribution < -0.4 is 0 Å². The summed E-state index contributed by atoms with van der Waals surface area (Å²) in [7, 11) is 0. The molecule has 3 fully saturated rings. The summed E-state index contributed by atoms with van der Waals surface area (Å²) in [4.78, 5) is 17.5. The Morgan fingerprint density at radius 1 is 1.24 bits per heavy atom. The normalized spacial score (nSPS) is 32.8. The van der Waals surface area contributed by atoms with Crippen molar-refractivity contribution in [2.24, 2.45) is 11.8 Å². The van der Waals surface area contributed by atoms with Gasteiger partial charge in [0.1, 0.15) is 5.82 Å². The number of carbonyl (C=O) groups is 1. The molecule has 5 heteroatoms. The number of hydrogen-bond donors (Lipinski definition) is 0. The van der Waals surface area contributed by atoms with Crippen LogP contribution in [0.2, 0.25) is 0 Å². The Labute approximate surface area is 148 Å². The summed E-state index contributed by atoms with van der Waals surface area (Å²) in [5.41, 5.74) is 0.705. The van der Waals surface area contributed by atoms with Crippen LogP contribution in [0.4, 0.5) is 4.39 Å². The lowest BCUT2D eigenvalue weighted by molar-refractivity contribution is -0.132. The van der Waals surface area contributed by atoms with E-state index in [1.54, 1.807) is 6.07 Å². The molecule has 4 rings (SSSR count). The number of amides is 1. The third kappa shape index (κ3) is 3.32. The predicted octanol–water partition coefficient (Wildman–Crippen LogP) is 2.50. The van der Waals surface area contributed by atoms with Crippen molar-refractivity contribution in [1.82, 2.24) is 9.80 Å². The molecule has 1 saturated carbocycles. The number of nitrogens with zero attached hydrogens (tertiary/aromatic N) is 2. The van der Waals surface area contributed by atoms with Gasteiger partial charge in [0.2, 0.25) is 5.91 Å². The van der Waals surface area contributed by atoms with Gasteiger partial charge in [0, 0.05) is 38.1 Å². The van der Waals surface area contributed by atoms with E-state index >= 15 is 0 Å². The van der Waals surface area contributed by atoms with Gasteiger partial charge in [-0.3, -0.25) is 9.69 Å². The number of benzene rings is 1. The van der Waals surface area contributed by atoms with Crippen molar-refractivity contribution in [1.29, 1.82) is 0 Å². The van der Waals surface area contributed by atoms with E-state index in [-0.39, 0.29) is 23.6 Å². The van der Waals surface area contributed by atoms with Crippen LogP contribution in [0, 0.1) is 17.7 Å². The quantitative estimate of drug-likeness (QED) is 0.840. The van der Waals surface area contributed by atoms with Crippen molar-refractivity contribution >= 4 is 5.91 Å². The number of hydrogen-bond acceptors (Lipinski definition) is 3. The van der Waals surface area contributed by atoms with Crippen LogP contribution in [-0.4, -0.2) is 61.1 Å². The molecule has 1 aromatic rings. The van der Waals surface area contributed by atoms with E-state index in [2.05, 4.69) is 11.8 Å². The molecule has 0 radical (unpaired) electrons. The van der Waals surface area contributed by atoms with Gasteiger partial charge in [0.05, 0.1) is 13.2 Å². The molecule has 4 nitrogen and oxygen atoms in total. The third-order valence-electron chi connectivity index (χ3n) is 6.17. The highest BCUT2D eigenvalue weighted by Gasteiger charge is 2.49. The van der Waals surface area contributed by atoms with Gasteiger partial charge in [0.15, 0.2) is 0 Å². The van der Waals surface area contributed by atoms with Gasteiger partial charge in [-0.2, -0.15) is 0 Å². The van der Waals surface area contributed by atoms with Crippen LogP contribution in [0.15, 0.2) is 24.3 Å². The number of ether oxygens (including phenoxy) is 1. The van der Waals surface area contributed by atoms with Gasteiger partial charge in [-0.15, -0.1) is 0 Å². The molecule has 25 heavy (non-hydrogen) atoms. The molecular formula is C20H27FN2O2. The molecule has 0 N–H and O–H groups in total. The minimum absolute atomic E-state index is 0.0298. The van der Waals surface area contributed by atoms with Gasteiger partial charge >= 0.3 is 0 Å². The summed E-state index contributed by atoms with van der Waals surface area (Å²) in [6.45, 7) is 7.38. The topological polar surface area (TPSA) is 32.8 Å². The zero-order valence-corrected chi connectivity index (χ0v) is 14.9. The SMILES string of the molecule is CC[C@@H]1CN(C(=O)[C@@H]2C[C@@H]2c2ccccc2F)C[C@H]1N1CCOCC1. The Hall–Kier alpha value is -1.46. The number of morpholine rings is 1. The molecular weight excluding hydrogens is 319 g/mol. The monoisotopic (exact) mass is 346 g/mol. The van der Waals surface area contributed by atoms with E-state index in [0.717, 1.165) is 52.2 Å². The maximum absolute atomic E-state index is 14.0. The fourth-order valence-electron chi connectivity index (χ4n) is 4.58. The average Bonchev–Trinajstić information content (AvgIpc) is 3.32. The fourth-order valence-corrected chi connectivity index (χ4v) is 4.58. The van der Waals surface area contributed by atoms with Crippen molar-refractivity contribution < 1.29 is 13.9 Å². The average molecular weight is 346 g/mol. The summed E-state index contributed by atoms with van der Waals surface area (Å²) in [5, 5.41) is 0. The molecule has 1 amide bonds. The molecule has 1 aliphatic carbocycles. The van der Waals surface area contributed by atoms with E-state index < -0.39 is 0 Å². The molecule has 4 atom stereocenters. The molecule has 2 saturated heterocycles. The van der Waals surface area contributed by atoms with Crippen LogP contribution in [0.5, 0.6) is 0 Å². The highest BCUT2D eigenvalue weighted by atomic mass is 19.1. The van der Waals surface area contributed by atoms with E-state index in [0.29, 0.717) is 17.5 Å². The summed E-state index contributed by atoms with van der Waals surface area (Å²) >= 11 is 0. The highest BCUT2D eigenvalue weighted by Crippen LogP contribution is 2.49. The first-order valence-corrected chi connectivity index (χ1v) is 9.54. The number of likely N-dealkylation sites (tertiary alicyclic amines) is 1. The zero-order chi connectivity index (χ0) is 17.4. The van der Waals surface area contributed by atoms with Crippen LogP contribution in [0.25, 0.3) is 0 Å². The first-order chi connectivity index (χ1) is 12.2. The Morgan fingerprint density at radius 3 is 2.72 bits per heavy atom. The van der Waals surface area contributed by atoms with Gasteiger partial charge in [-0.05, 0) is 29.9 Å². The molecule has 136 valence electrons. The van der Waals surface area contributed by atoms with Gasteiger partial charge in [0.25, 0.3) is 0 Å². The Morgan fingerprint density at radius 2 is 2.00 bits per heavy atom. The van der Waals surface area contributed by atoms with Crippen molar-refractivity contribution in [2.75, 3.05) is 39.4 Å². The third-order valence-corrected chi connectivity index (χ3v) is 6.17. The summed E-state index contributed by atoms with van der Waals surface area (Å²) in [6.07, 6.45) is 1.88. The molecule has 3 aliphatic rings. The lowest BCUT2D eigenvalue weighted by Crippen LogP contribution is -2.47. The highest BCUT2D eigenvalue weighted by molar-refractivity contribution is 5.83. The molecule has 0 unspecified atom stereocenters. The summed E-state index contributed by atoms with van der Waals surface area (Å²) in [6, 6.07) is 7.32. The summed E-state index contributed by atoms with van der Waals surface area (Å²) in [5.74, 6) is 0.617. The van der Waals surface area contributed by atoms with E-state index in [1.165, 1.54) is 6.07 Å². The molecule has 1 aromatic carbocycles. The van der Waals surface area contributed by atoms with Crippen molar-refractivity contribution in [3.8, 4) is 0 Å². The van der Waals surface area contributed by atoms with E-state index in [9.17, 15) is 9.18 Å². The molecule has 2 heterocycles. The van der Waals surface area contributed by atoms with Crippen molar-refractivity contribution in [3.63, 3.8) is 0 Å². The van der Waals surface area contributed by atoms with Gasteiger partial charge < -0.3 is 9.64 Å². The largest absolute Gasteiger partial charge is 0.379 e. The molecule has 0 aromatic heterocycles. The lowest BCUT2D eigenvalue weighted by atomic mass is 9.99. The minimum atomic E-state index is -0.179. The Bertz CT molecular complexity index is 632. The van der Waals surface area contributed by atoms with Crippen molar-refractivity contribution in [3.05, 3.63) is 35.6 Å². The lowest BCUT2D eigenvalue weighted by Gasteiger charge is -2.34. The second kappa shape index (κ2) is 7.04. The van der Waals surface area contributed by atoms with Crippen LogP contribution in [-0.2, 0) is 9.53 Å². The number of halogens is 1. The van der Waals surface area contributed by atoms with Gasteiger partial charge in [-0.25, -0.2) is 4.39 Å². The van der Waals surface area contributed by atoms with Crippen molar-refractivity contribution in [2.45, 2.75) is 31.7 Å². The smallest absolute Gasteiger partial charge is 0.226 e. The Balaban J connectivity index is 1.41. The molecule has 0 spiro atoms. The fraction of sp³-hybridized carbons (Fsp3) is 0.650. The first kappa shape index (κ1) is 17.0. The molecule has 0 bridgehead atoms. The van der Waals surface area contributed by atoms with Crippen LogP contribution in [0.3, 0.4) is 0 Å². The predicted molar refractivity (Wildman–Crippen MR) is 93.8 cm³/mol. The van der Waals surface area contributed by atoms with E-state index in [1.807, 2.05) is 17.0 Å². The first-order valence-electron chi connectivity index (χ1n) is 9.54. The van der Waals surface area contributed by atoms with Crippen LogP contribution >= 0.6 is 0 Å². The molecule has 2 aliphatic heterocycles. The van der Waals surface area contributed by atoms with E-state index in [4.69, 9.17) is 4.74 Å². The van der Waals surface area contributed by atoms with Gasteiger partial charge in [-0.1, -0.05) is 31.5 Å². The Kier molecular flexibility index (Phi) is 4.78. The second-order valence-corrected chi connectivity index (χ2v) is 7.60. The maximum atomic E-state index is 14.0. The standard InChI is InChI=1S/C20H27FN2O2/c1-2-14-12-23(13-19(14)22-7-9-25-10-8-22)20(24)17-11-16(17)15-5-3-4-6-18(15)21/h3-6,14,16-17,19H,2,7-13H2,1H3/t14-,16-,17-,19-/m1/s1.